The first-order valence-corrected chi connectivity index (χ1v) is 51.4. The van der Waals surface area contributed by atoms with Crippen LogP contribution >= 0.6 is 128 Å². The van der Waals surface area contributed by atoms with Crippen LogP contribution < -0.4 is 53.7 Å². The number of anilines is 1. The van der Waals surface area contributed by atoms with Crippen molar-refractivity contribution in [2.75, 3.05) is 62.4 Å². The molecule has 15 rings (SSSR count). The van der Waals surface area contributed by atoms with Crippen molar-refractivity contribution < 1.29 is 133 Å². The second kappa shape index (κ2) is 48.9. The zero-order chi connectivity index (χ0) is 99.1. The number of nitrogens with one attached hydrogen (secondary N) is 1. The van der Waals surface area contributed by atoms with Gasteiger partial charge in [0.05, 0.1) is 44.4 Å². The number of rotatable bonds is 37. The van der Waals surface area contributed by atoms with Crippen LogP contribution in [0.15, 0.2) is 179 Å². The molecule has 3 aliphatic carbocycles. The minimum atomic E-state index is -4.28. The molecule has 0 radical (unpaired) electrons. The third-order valence-corrected chi connectivity index (χ3v) is 31.6. The van der Waals surface area contributed by atoms with Crippen molar-refractivity contribution in [3.05, 3.63) is 264 Å². The average molecular weight is 2200 g/mol. The van der Waals surface area contributed by atoms with Gasteiger partial charge in [0, 0.05) is 113 Å². The minimum Gasteiger partial charge on any atom is -0.619 e. The number of non-ortho nitro benzene ring substituents is 2. The van der Waals surface area contributed by atoms with E-state index in [2.05, 4.69) is 19.5 Å². The number of benzene rings is 6. The molecular formula is C84H79Cl8F6N9O25S6. The van der Waals surface area contributed by atoms with E-state index in [0.717, 1.165) is 162 Å². The number of thioether (sulfide) groups is 3. The molecule has 6 aliphatic rings. The predicted molar refractivity (Wildman–Crippen MR) is 500 cm³/mol. The molecule has 9 aromatic rings. The van der Waals surface area contributed by atoms with Crippen molar-refractivity contribution in [2.24, 2.45) is 17.8 Å². The summed E-state index contributed by atoms with van der Waals surface area (Å²) in [5.41, 5.74) is 7.58. The lowest BCUT2D eigenvalue weighted by molar-refractivity contribution is -0.605. The summed E-state index contributed by atoms with van der Waals surface area (Å²) in [5, 5.41) is 56.6. The number of nitro groups is 2. The fourth-order valence-corrected chi connectivity index (χ4v) is 22.9. The summed E-state index contributed by atoms with van der Waals surface area (Å²) in [5.74, 6) is -0.457. The minimum absolute atomic E-state index is 0. The number of nitrogens with zero attached hydrogens (tertiary/aromatic N) is 7. The van der Waals surface area contributed by atoms with Crippen molar-refractivity contribution in [3.8, 4) is 34.5 Å². The van der Waals surface area contributed by atoms with Crippen molar-refractivity contribution in [1.29, 1.82) is 0 Å². The van der Waals surface area contributed by atoms with E-state index >= 15 is 0 Å². The standard InChI is InChI=1S/C28H25Cl2F2N3O9S2.C28H27Cl2F2N3O7S2.C22H22Cl2F2N2O5S.C6H4ClNO4S.ClH/c29-21-13-33(37)14-22(30)20(21)12-24(17-3-8-23(44-28(31)32)25(11-17)42-15-16-1-2-16)43-27(36)26-34(9-10-45-26)46(40,41)19-6-4-18(5-7-19)35(38)39;29-21-13-34(37)14-22(30)20(21)12-24(17-3-8-23(42-28(31)32)25(11-17)40-15-16-1-2-16)41-27(36)26-35(9-10-43-26)44(38,39)19-6-4-18(33)5-7-19;23-15-9-28(30)10-16(24)14(15)8-18(32-21(29)20-27-5-6-34-20)13-3-4-17(33-22(25)26)19(7-13)31-11-12-1-2-12;7-13(11,12)6-3-1-5(2-4-6)8(9)10;/h3-8,11,13-14,16,24,26,28H,1-2,9-10,12,15H2;3-8,11,13-14,16,24,26,28H,1-2,9-10,12,15,33H2;3-4,7,9-10,12,18,20,22,27H,1-2,5-6,8,11H2;1-4H;1H/t2*24-,26?;18-,20?;;/m000../s1. The maximum absolute atomic E-state index is 13.7. The van der Waals surface area contributed by atoms with Crippen LogP contribution in [-0.4, -0.2) is 154 Å². The molecular weight excluding hydrogens is 2120 g/mol. The fourth-order valence-electron chi connectivity index (χ4n) is 13.3. The third kappa shape index (κ3) is 30.4. The molecule has 34 nitrogen and oxygen atoms in total. The van der Waals surface area contributed by atoms with Crippen LogP contribution in [0, 0.1) is 53.6 Å². The second-order valence-corrected chi connectivity index (χ2v) is 43.1. The summed E-state index contributed by atoms with van der Waals surface area (Å²) in [6.07, 6.45) is 8.85. The van der Waals surface area contributed by atoms with Crippen molar-refractivity contribution in [2.45, 2.75) is 127 Å². The molecule has 138 heavy (non-hydrogen) atoms. The van der Waals surface area contributed by atoms with Crippen LogP contribution in [0.25, 0.3) is 0 Å². The topological polar surface area (TPSA) is 448 Å². The van der Waals surface area contributed by atoms with Crippen molar-refractivity contribution in [3.63, 3.8) is 0 Å². The highest BCUT2D eigenvalue weighted by molar-refractivity contribution is 8.13. The van der Waals surface area contributed by atoms with E-state index in [1.807, 2.05) is 0 Å². The molecule has 6 heterocycles. The molecule has 54 heteroatoms. The maximum Gasteiger partial charge on any atom is 0.387 e. The van der Waals surface area contributed by atoms with Gasteiger partial charge in [0.1, 0.15) is 48.4 Å². The van der Waals surface area contributed by atoms with Crippen LogP contribution in [-0.2, 0) is 77.0 Å². The van der Waals surface area contributed by atoms with Gasteiger partial charge in [0.15, 0.2) is 87.8 Å². The van der Waals surface area contributed by atoms with E-state index in [9.17, 15) is 102 Å². The lowest BCUT2D eigenvalue weighted by atomic mass is 10.0. The van der Waals surface area contributed by atoms with Gasteiger partial charge in [-0.2, -0.15) is 49.1 Å². The van der Waals surface area contributed by atoms with Gasteiger partial charge >= 0.3 is 37.7 Å². The lowest BCUT2D eigenvalue weighted by Crippen LogP contribution is -2.40. The molecule has 6 aromatic carbocycles. The van der Waals surface area contributed by atoms with Crippen molar-refractivity contribution >= 4 is 192 Å². The number of nitrogen functional groups attached to an aromatic ring is 1. The monoisotopic (exact) mass is 2200 g/mol. The molecule has 0 spiro atoms. The number of sulfonamides is 2. The Kier molecular flexibility index (Phi) is 38.6. The van der Waals surface area contributed by atoms with Gasteiger partial charge < -0.3 is 64.0 Å². The Morgan fingerprint density at radius 3 is 1.01 bits per heavy atom. The Labute approximate surface area is 837 Å². The number of pyridine rings is 3. The Bertz CT molecular complexity index is 6170. The SMILES string of the molecule is Cl.Nc1ccc(S(=O)(=O)N2CCSC2C(=O)O[C@@H](Cc2c(Cl)c[n+]([O-])cc2Cl)c2ccc(OC(F)F)c(OCC3CC3)c2)cc1.O=C(O[C@@H](Cc1c(Cl)c[n+]([O-])cc1Cl)c1ccc(OC(F)F)c(OCC2CC2)c1)C1NCCS1.O=C(O[C@@H](Cc1c(Cl)c[n+]([O-])cc1Cl)c1ccc(OC(F)F)c(OCC2CC2)c1)C1SCCN1S(=O)(=O)c1ccc([N+](=O)[O-])cc1.O=[N+]([O-])c1ccc(S(=O)(=O)Cl)cc1. The van der Waals surface area contributed by atoms with Crippen LogP contribution in [0.2, 0.25) is 30.1 Å². The number of esters is 3. The van der Waals surface area contributed by atoms with Crippen LogP contribution in [0.3, 0.4) is 0 Å². The Hall–Kier alpha value is -9.34. The Balaban J connectivity index is 0.000000187. The second-order valence-electron chi connectivity index (χ2n) is 30.7. The molecule has 3 saturated carbocycles. The van der Waals surface area contributed by atoms with Gasteiger partial charge in [0.2, 0.25) is 20.0 Å². The number of hydrogen-bond acceptors (Lipinski definition) is 30. The van der Waals surface area contributed by atoms with Gasteiger partial charge in [-0.15, -0.1) is 47.7 Å². The van der Waals surface area contributed by atoms with Gasteiger partial charge in [-0.3, -0.25) is 25.5 Å². The molecule has 6 fully saturated rings. The average Bonchev–Trinajstić information content (AvgIpc) is 1.78. The lowest BCUT2D eigenvalue weighted by Gasteiger charge is -2.26. The summed E-state index contributed by atoms with van der Waals surface area (Å²) in [6.45, 7) is -7.67. The molecule has 3 aromatic heterocycles. The highest BCUT2D eigenvalue weighted by Gasteiger charge is 2.45. The summed E-state index contributed by atoms with van der Waals surface area (Å²) in [4.78, 5) is 59.6. The Morgan fingerprint density at radius 2 is 0.739 bits per heavy atom. The number of nitrogens with two attached hydrogens (primary N) is 1. The van der Waals surface area contributed by atoms with Gasteiger partial charge in [-0.1, -0.05) is 87.8 Å². The largest absolute Gasteiger partial charge is 0.619 e. The number of aromatic nitrogens is 3. The number of nitro benzene ring substituents is 2. The molecule has 3 unspecified atom stereocenters. The normalized spacial score (nSPS) is 17.2. The number of hydrogen-bond donors (Lipinski definition) is 2. The van der Waals surface area contributed by atoms with Crippen LogP contribution in [0.5, 0.6) is 34.5 Å². The van der Waals surface area contributed by atoms with Crippen molar-refractivity contribution in [1.82, 2.24) is 13.9 Å². The quantitative estimate of drug-likeness (QED) is 0.00420. The van der Waals surface area contributed by atoms with Gasteiger partial charge in [0.25, 0.3) is 20.4 Å². The van der Waals surface area contributed by atoms with Gasteiger partial charge in [-0.05, 0) is 158 Å². The molecule has 3 N–H and O–H groups in total. The van der Waals surface area contributed by atoms with Crippen LogP contribution in [0.1, 0.15) is 90.2 Å². The molecule has 3 aliphatic heterocycles. The summed E-state index contributed by atoms with van der Waals surface area (Å²) in [6, 6.07) is 26.7. The zero-order valence-corrected chi connectivity index (χ0v) is 81.9. The Morgan fingerprint density at radius 1 is 0.442 bits per heavy atom. The maximum atomic E-state index is 13.7. The number of carbonyl (C=O) groups excluding carboxylic acids is 3. The summed E-state index contributed by atoms with van der Waals surface area (Å²) in [7, 11) is -7.18. The number of ether oxygens (including phenoxy) is 9. The first-order chi connectivity index (χ1) is 64.9. The third-order valence-electron chi connectivity index (χ3n) is 20.8. The zero-order valence-electron chi connectivity index (χ0n) is 70.9. The fraction of sp³-hybridized carbons (Fsp3) is 0.357. The molecule has 744 valence electrons. The van der Waals surface area contributed by atoms with E-state index < -0.39 is 111 Å². The first-order valence-electron chi connectivity index (χ1n) is 40.8. The smallest absolute Gasteiger partial charge is 0.387 e. The highest BCUT2D eigenvalue weighted by atomic mass is 35.7. The molecule has 6 atom stereocenters. The highest BCUT2D eigenvalue weighted by Crippen LogP contribution is 2.45. The summed E-state index contributed by atoms with van der Waals surface area (Å²) < 4.78 is 206. The molecule has 3 saturated heterocycles. The molecule has 0 amide bonds. The van der Waals surface area contributed by atoms with Crippen LogP contribution in [0.4, 0.5) is 43.4 Å². The summed E-state index contributed by atoms with van der Waals surface area (Å²) >= 11 is 41.3. The number of halogens is 14. The first kappa shape index (κ1) is 109. The number of alkyl halides is 6. The van der Waals surface area contributed by atoms with E-state index in [4.69, 9.17) is 114 Å². The van der Waals surface area contributed by atoms with E-state index in [0.29, 0.717) is 67.3 Å². The van der Waals surface area contributed by atoms with E-state index in [1.165, 1.54) is 90.6 Å². The number of carbonyl (C=O) groups is 3. The predicted octanol–water partition coefficient (Wildman–Crippen LogP) is 17.2. The van der Waals surface area contributed by atoms with E-state index in [1.54, 1.807) is 0 Å². The van der Waals surface area contributed by atoms with Gasteiger partial charge in [-0.25, -0.2) is 39.6 Å². The van der Waals surface area contributed by atoms with E-state index in [-0.39, 0.29) is 177 Å². The molecule has 0 bridgehead atoms.